The van der Waals surface area contributed by atoms with Crippen LogP contribution in [0, 0.1) is 0 Å². The van der Waals surface area contributed by atoms with Gasteiger partial charge in [-0.15, -0.1) is 0 Å². The van der Waals surface area contributed by atoms with E-state index in [1.807, 2.05) is 6.07 Å². The first-order valence-corrected chi connectivity index (χ1v) is 7.07. The van der Waals surface area contributed by atoms with Gasteiger partial charge in [-0.3, -0.25) is 0 Å². The zero-order valence-electron chi connectivity index (χ0n) is 12.5. The second-order valence-electron chi connectivity index (χ2n) is 5.08. The van der Waals surface area contributed by atoms with E-state index in [1.54, 1.807) is 24.3 Å². The van der Waals surface area contributed by atoms with Crippen LogP contribution in [0.2, 0.25) is 0 Å². The van der Waals surface area contributed by atoms with Gasteiger partial charge in [0.05, 0.1) is 0 Å². The summed E-state index contributed by atoms with van der Waals surface area (Å²) in [5.41, 5.74) is 6.96. The average molecular weight is 326 g/mol. The number of nitrogens with two attached hydrogens (primary N) is 1. The number of hydrogen-bond donors (Lipinski definition) is 3. The lowest BCUT2D eigenvalue weighted by Crippen LogP contribution is -2.44. The molecule has 0 bridgehead atoms. The van der Waals surface area contributed by atoms with Crippen molar-refractivity contribution in [3.63, 3.8) is 0 Å². The number of benzene rings is 1. The largest absolute Gasteiger partial charge is 0.480 e. The molecule has 3 aromatic rings. The number of fused-ring (bicyclic) bond motifs is 1. The van der Waals surface area contributed by atoms with Crippen molar-refractivity contribution in [2.75, 3.05) is 5.73 Å². The van der Waals surface area contributed by atoms with Crippen molar-refractivity contribution in [1.29, 1.82) is 0 Å². The maximum absolute atomic E-state index is 12.4. The molecular weight excluding hydrogens is 312 g/mol. The van der Waals surface area contributed by atoms with Crippen molar-refractivity contribution in [1.82, 2.24) is 24.8 Å². The topological polar surface area (TPSA) is 136 Å². The molecule has 24 heavy (non-hydrogen) atoms. The molecular formula is C15H14N6O3. The van der Waals surface area contributed by atoms with E-state index >= 15 is 0 Å². The Labute approximate surface area is 136 Å². The molecule has 0 aliphatic rings. The molecule has 1 atom stereocenters. The molecule has 1 amide bonds. The van der Waals surface area contributed by atoms with E-state index in [1.165, 1.54) is 12.7 Å². The Hall–Kier alpha value is -3.49. The zero-order valence-corrected chi connectivity index (χ0v) is 12.5. The van der Waals surface area contributed by atoms with Gasteiger partial charge in [0.25, 0.3) is 0 Å². The van der Waals surface area contributed by atoms with E-state index in [0.717, 1.165) is 10.1 Å². The molecule has 2 aromatic heterocycles. The van der Waals surface area contributed by atoms with Gasteiger partial charge in [-0.05, 0) is 5.56 Å². The number of carboxylic acid groups (broad SMARTS) is 1. The summed E-state index contributed by atoms with van der Waals surface area (Å²) in [6.45, 7) is 0. The quantitative estimate of drug-likeness (QED) is 0.640. The first-order valence-electron chi connectivity index (χ1n) is 7.07. The third-order valence-corrected chi connectivity index (χ3v) is 3.46. The third-order valence-electron chi connectivity index (χ3n) is 3.46. The summed E-state index contributed by atoms with van der Waals surface area (Å²) in [6.07, 6.45) is 2.60. The molecule has 2 heterocycles. The van der Waals surface area contributed by atoms with Crippen LogP contribution in [-0.2, 0) is 11.2 Å². The van der Waals surface area contributed by atoms with Crippen LogP contribution in [0.4, 0.5) is 10.6 Å². The SMILES string of the molecule is Nc1ncnc2c1ncn2C(=O)N[C@@H](Cc1ccccc1)C(=O)O. The fourth-order valence-corrected chi connectivity index (χ4v) is 2.27. The summed E-state index contributed by atoms with van der Waals surface area (Å²) in [4.78, 5) is 35.6. The predicted octanol–water partition coefficient (Wildman–Crippen LogP) is 0.662. The predicted molar refractivity (Wildman–Crippen MR) is 85.2 cm³/mol. The third kappa shape index (κ3) is 3.00. The monoisotopic (exact) mass is 326 g/mol. The molecule has 4 N–H and O–H groups in total. The number of imidazole rings is 1. The van der Waals surface area contributed by atoms with Crippen LogP contribution < -0.4 is 11.1 Å². The van der Waals surface area contributed by atoms with Crippen LogP contribution in [0.25, 0.3) is 11.2 Å². The van der Waals surface area contributed by atoms with Crippen LogP contribution in [0.3, 0.4) is 0 Å². The van der Waals surface area contributed by atoms with Crippen molar-refractivity contribution in [3.8, 4) is 0 Å². The van der Waals surface area contributed by atoms with E-state index in [2.05, 4.69) is 20.3 Å². The minimum absolute atomic E-state index is 0.144. The van der Waals surface area contributed by atoms with Gasteiger partial charge in [0, 0.05) is 6.42 Å². The number of aromatic nitrogens is 4. The Balaban J connectivity index is 1.83. The van der Waals surface area contributed by atoms with Gasteiger partial charge in [-0.2, -0.15) is 0 Å². The molecule has 1 aromatic carbocycles. The molecule has 122 valence electrons. The van der Waals surface area contributed by atoms with Gasteiger partial charge < -0.3 is 16.2 Å². The van der Waals surface area contributed by atoms with Gasteiger partial charge >= 0.3 is 12.0 Å². The van der Waals surface area contributed by atoms with Gasteiger partial charge in [0.2, 0.25) is 0 Å². The molecule has 0 saturated heterocycles. The number of aliphatic carboxylic acids is 1. The van der Waals surface area contributed by atoms with Crippen molar-refractivity contribution < 1.29 is 14.7 Å². The number of nitrogen functional groups attached to an aromatic ring is 1. The molecule has 0 radical (unpaired) electrons. The minimum atomic E-state index is -1.13. The molecule has 9 nitrogen and oxygen atoms in total. The zero-order chi connectivity index (χ0) is 17.1. The van der Waals surface area contributed by atoms with Gasteiger partial charge in [0.1, 0.15) is 18.7 Å². The number of amides is 1. The summed E-state index contributed by atoms with van der Waals surface area (Å²) in [6, 6.07) is 7.29. The molecule has 0 aliphatic carbocycles. The summed E-state index contributed by atoms with van der Waals surface area (Å²) >= 11 is 0. The number of carbonyl (C=O) groups is 2. The number of rotatable bonds is 4. The summed E-state index contributed by atoms with van der Waals surface area (Å²) in [5, 5.41) is 11.8. The highest BCUT2D eigenvalue weighted by Crippen LogP contribution is 2.14. The Morgan fingerprint density at radius 3 is 2.67 bits per heavy atom. The van der Waals surface area contributed by atoms with Gasteiger partial charge in [-0.25, -0.2) is 29.1 Å². The van der Waals surface area contributed by atoms with E-state index < -0.39 is 18.0 Å². The maximum atomic E-state index is 12.4. The Morgan fingerprint density at radius 1 is 1.21 bits per heavy atom. The highest BCUT2D eigenvalue weighted by molar-refractivity contribution is 5.92. The summed E-state index contributed by atoms with van der Waals surface area (Å²) in [5.74, 6) is -0.989. The number of nitrogens with one attached hydrogen (secondary N) is 1. The Bertz CT molecular complexity index is 893. The number of nitrogens with zero attached hydrogens (tertiary/aromatic N) is 4. The lowest BCUT2D eigenvalue weighted by atomic mass is 10.1. The number of carbonyl (C=O) groups excluding carboxylic acids is 1. The normalized spacial score (nSPS) is 12.0. The molecule has 0 fully saturated rings. The van der Waals surface area contributed by atoms with E-state index in [-0.39, 0.29) is 23.4 Å². The standard InChI is InChI=1S/C15H14N6O3/c16-12-11-13(18-7-17-12)21(8-19-11)15(24)20-10(14(22)23)6-9-4-2-1-3-5-9/h1-5,7-8,10H,6H2,(H,20,24)(H,22,23)(H2,16,17,18)/t10-/m0/s1. The van der Waals surface area contributed by atoms with Crippen molar-refractivity contribution in [2.45, 2.75) is 12.5 Å². The van der Waals surface area contributed by atoms with E-state index in [9.17, 15) is 14.7 Å². The highest BCUT2D eigenvalue weighted by Gasteiger charge is 2.22. The molecule has 0 spiro atoms. The molecule has 0 saturated carbocycles. The van der Waals surface area contributed by atoms with E-state index in [4.69, 9.17) is 5.73 Å². The maximum Gasteiger partial charge on any atom is 0.329 e. The lowest BCUT2D eigenvalue weighted by Gasteiger charge is -2.14. The summed E-state index contributed by atoms with van der Waals surface area (Å²) < 4.78 is 1.11. The van der Waals surface area contributed by atoms with Crippen molar-refractivity contribution in [3.05, 3.63) is 48.5 Å². The van der Waals surface area contributed by atoms with Crippen LogP contribution in [0.1, 0.15) is 5.56 Å². The van der Waals surface area contributed by atoms with Gasteiger partial charge in [0.15, 0.2) is 17.0 Å². The fraction of sp³-hybridized carbons (Fsp3) is 0.133. The number of hydrogen-bond acceptors (Lipinski definition) is 6. The smallest absolute Gasteiger partial charge is 0.329 e. The average Bonchev–Trinajstić information content (AvgIpc) is 3.00. The van der Waals surface area contributed by atoms with Crippen LogP contribution in [-0.4, -0.2) is 42.7 Å². The fourth-order valence-electron chi connectivity index (χ4n) is 2.27. The van der Waals surface area contributed by atoms with Crippen LogP contribution in [0.5, 0.6) is 0 Å². The Morgan fingerprint density at radius 2 is 1.96 bits per heavy atom. The first-order chi connectivity index (χ1) is 11.6. The van der Waals surface area contributed by atoms with Gasteiger partial charge in [-0.1, -0.05) is 30.3 Å². The number of carboxylic acids is 1. The molecule has 0 aliphatic heterocycles. The molecule has 9 heteroatoms. The molecule has 3 rings (SSSR count). The van der Waals surface area contributed by atoms with Crippen molar-refractivity contribution >= 4 is 29.0 Å². The Kier molecular flexibility index (Phi) is 4.06. The second kappa shape index (κ2) is 6.32. The highest BCUT2D eigenvalue weighted by atomic mass is 16.4. The summed E-state index contributed by atoms with van der Waals surface area (Å²) in [7, 11) is 0. The van der Waals surface area contributed by atoms with E-state index in [0.29, 0.717) is 0 Å². The lowest BCUT2D eigenvalue weighted by molar-refractivity contribution is -0.139. The first kappa shape index (κ1) is 15.4. The van der Waals surface area contributed by atoms with Crippen LogP contribution in [0.15, 0.2) is 43.0 Å². The van der Waals surface area contributed by atoms with Crippen LogP contribution >= 0.6 is 0 Å². The van der Waals surface area contributed by atoms with Crippen molar-refractivity contribution in [2.24, 2.45) is 0 Å². The number of anilines is 1. The minimum Gasteiger partial charge on any atom is -0.480 e. The molecule has 0 unspecified atom stereocenters. The second-order valence-corrected chi connectivity index (χ2v) is 5.08.